The standard InChI is InChI=1S/C27H31Cl2N3O5/c1-4-37-25(34)21(31-26(35)27(2)15-6-5-10-22(27)32-36-3)16-17-11-13-18(14-12-17)30-24(33)23-19(28)8-7-9-20(23)29/h7-9,11-14,21H,4-6,10,15-16H2,1-3H3,(H,30,33)(H,31,35)/t21-,27?/m0/s1. The Morgan fingerprint density at radius 3 is 2.38 bits per heavy atom. The van der Waals surface area contributed by atoms with Crippen molar-refractivity contribution in [3.05, 3.63) is 63.6 Å². The van der Waals surface area contributed by atoms with Crippen molar-refractivity contribution >= 4 is 52.4 Å². The molecule has 1 fully saturated rings. The first-order valence-electron chi connectivity index (χ1n) is 12.1. The third-order valence-electron chi connectivity index (χ3n) is 6.40. The monoisotopic (exact) mass is 547 g/mol. The smallest absolute Gasteiger partial charge is 0.328 e. The first kappa shape index (κ1) is 28.5. The van der Waals surface area contributed by atoms with Gasteiger partial charge in [-0.1, -0.05) is 53.0 Å². The highest BCUT2D eigenvalue weighted by Gasteiger charge is 2.42. The fraction of sp³-hybridized carbons (Fsp3) is 0.407. The van der Waals surface area contributed by atoms with E-state index in [1.807, 2.05) is 6.92 Å². The summed E-state index contributed by atoms with van der Waals surface area (Å²) in [4.78, 5) is 43.7. The van der Waals surface area contributed by atoms with Crippen molar-refractivity contribution in [3.8, 4) is 0 Å². The Hall–Kier alpha value is -3.10. The summed E-state index contributed by atoms with van der Waals surface area (Å²) in [6.07, 6.45) is 3.29. The average Bonchev–Trinajstić information content (AvgIpc) is 2.86. The number of hydrogen-bond donors (Lipinski definition) is 2. The van der Waals surface area contributed by atoms with Gasteiger partial charge in [-0.25, -0.2) is 4.79 Å². The number of amides is 2. The summed E-state index contributed by atoms with van der Waals surface area (Å²) in [5.74, 6) is -1.25. The van der Waals surface area contributed by atoms with Crippen molar-refractivity contribution in [3.63, 3.8) is 0 Å². The van der Waals surface area contributed by atoms with Crippen molar-refractivity contribution < 1.29 is 24.0 Å². The van der Waals surface area contributed by atoms with E-state index in [9.17, 15) is 14.4 Å². The molecule has 0 aromatic heterocycles. The number of halogens is 2. The molecule has 0 aliphatic heterocycles. The SMILES string of the molecule is CCOC(=O)[C@H](Cc1ccc(NC(=O)c2c(Cl)cccc2Cl)cc1)NC(=O)C1(C)CCCCC1=NOC. The molecule has 2 N–H and O–H groups in total. The fourth-order valence-electron chi connectivity index (χ4n) is 4.31. The zero-order valence-corrected chi connectivity index (χ0v) is 22.6. The Bertz CT molecular complexity index is 1150. The summed E-state index contributed by atoms with van der Waals surface area (Å²) in [5.41, 5.74) is 1.28. The van der Waals surface area contributed by atoms with Gasteiger partial charge in [-0.15, -0.1) is 0 Å². The maximum Gasteiger partial charge on any atom is 0.328 e. The molecular weight excluding hydrogens is 517 g/mol. The van der Waals surface area contributed by atoms with E-state index in [0.717, 1.165) is 18.4 Å². The first-order valence-corrected chi connectivity index (χ1v) is 12.9. The van der Waals surface area contributed by atoms with E-state index in [1.165, 1.54) is 7.11 Å². The highest BCUT2D eigenvalue weighted by Crippen LogP contribution is 2.34. The van der Waals surface area contributed by atoms with Crippen molar-refractivity contribution in [1.82, 2.24) is 5.32 Å². The van der Waals surface area contributed by atoms with Crippen LogP contribution in [-0.4, -0.2) is 43.3 Å². The summed E-state index contributed by atoms with van der Waals surface area (Å²) in [6.45, 7) is 3.73. The second kappa shape index (κ2) is 12.9. The van der Waals surface area contributed by atoms with Crippen molar-refractivity contribution in [2.24, 2.45) is 10.6 Å². The van der Waals surface area contributed by atoms with Crippen LogP contribution in [0.2, 0.25) is 10.0 Å². The second-order valence-corrected chi connectivity index (χ2v) is 9.80. The number of nitrogens with zero attached hydrogens (tertiary/aromatic N) is 1. The van der Waals surface area contributed by atoms with Crippen LogP contribution in [0, 0.1) is 5.41 Å². The minimum Gasteiger partial charge on any atom is -0.464 e. The van der Waals surface area contributed by atoms with Gasteiger partial charge in [0.2, 0.25) is 5.91 Å². The molecule has 2 aromatic carbocycles. The van der Waals surface area contributed by atoms with Gasteiger partial charge < -0.3 is 20.2 Å². The Kier molecular flexibility index (Phi) is 9.94. The molecule has 10 heteroatoms. The number of rotatable bonds is 9. The number of carbonyl (C=O) groups excluding carboxylic acids is 3. The van der Waals surface area contributed by atoms with Crippen LogP contribution in [0.1, 0.15) is 55.5 Å². The summed E-state index contributed by atoms with van der Waals surface area (Å²) in [6, 6.07) is 10.9. The van der Waals surface area contributed by atoms with Gasteiger partial charge in [-0.05, 0) is 62.9 Å². The van der Waals surface area contributed by atoms with E-state index in [2.05, 4.69) is 15.8 Å². The van der Waals surface area contributed by atoms with Crippen molar-refractivity contribution in [1.29, 1.82) is 0 Å². The summed E-state index contributed by atoms with van der Waals surface area (Å²) >= 11 is 12.2. The van der Waals surface area contributed by atoms with Crippen molar-refractivity contribution in [2.75, 3.05) is 19.0 Å². The molecule has 8 nitrogen and oxygen atoms in total. The van der Waals surface area contributed by atoms with Crippen molar-refractivity contribution in [2.45, 2.75) is 52.0 Å². The zero-order chi connectivity index (χ0) is 27.0. The second-order valence-electron chi connectivity index (χ2n) is 8.99. The predicted octanol–water partition coefficient (Wildman–Crippen LogP) is 5.42. The molecule has 198 valence electrons. The number of esters is 1. The van der Waals surface area contributed by atoms with Gasteiger partial charge in [-0.3, -0.25) is 9.59 Å². The zero-order valence-electron chi connectivity index (χ0n) is 21.1. The first-order chi connectivity index (χ1) is 17.7. The van der Waals surface area contributed by atoms with E-state index in [-0.39, 0.29) is 34.5 Å². The third kappa shape index (κ3) is 7.02. The molecule has 0 heterocycles. The number of carbonyl (C=O) groups is 3. The number of benzene rings is 2. The van der Waals surface area contributed by atoms with Crippen LogP contribution in [0.4, 0.5) is 5.69 Å². The summed E-state index contributed by atoms with van der Waals surface area (Å²) < 4.78 is 5.23. The van der Waals surface area contributed by atoms with Crippen LogP contribution in [0.3, 0.4) is 0 Å². The van der Waals surface area contributed by atoms with E-state index < -0.39 is 23.3 Å². The van der Waals surface area contributed by atoms with Crippen LogP contribution >= 0.6 is 23.2 Å². The number of anilines is 1. The molecule has 37 heavy (non-hydrogen) atoms. The maximum absolute atomic E-state index is 13.4. The number of oxime groups is 1. The summed E-state index contributed by atoms with van der Waals surface area (Å²) in [5, 5.41) is 10.2. The predicted molar refractivity (Wildman–Crippen MR) is 144 cm³/mol. The molecule has 2 aromatic rings. The Balaban J connectivity index is 1.73. The molecule has 3 rings (SSSR count). The molecule has 0 bridgehead atoms. The van der Waals surface area contributed by atoms with Gasteiger partial charge in [0, 0.05) is 12.1 Å². The van der Waals surface area contributed by atoms with E-state index in [1.54, 1.807) is 49.4 Å². The Morgan fingerprint density at radius 1 is 1.08 bits per heavy atom. The molecule has 1 aliphatic rings. The van der Waals surface area contributed by atoms with E-state index in [4.69, 9.17) is 32.8 Å². The Labute approximate surface area is 226 Å². The number of ether oxygens (including phenoxy) is 1. The highest BCUT2D eigenvalue weighted by molar-refractivity contribution is 6.40. The van der Waals surface area contributed by atoms with Gasteiger partial charge in [0.1, 0.15) is 13.2 Å². The number of hydrogen-bond acceptors (Lipinski definition) is 6. The molecule has 0 spiro atoms. The van der Waals surface area contributed by atoms with Gasteiger partial charge in [0.25, 0.3) is 5.91 Å². The quantitative estimate of drug-likeness (QED) is 0.322. The average molecular weight is 548 g/mol. The van der Waals surface area contributed by atoms with Crippen LogP contribution < -0.4 is 10.6 Å². The molecule has 1 unspecified atom stereocenters. The van der Waals surface area contributed by atoms with Crippen LogP contribution in [0.5, 0.6) is 0 Å². The fourth-order valence-corrected chi connectivity index (χ4v) is 4.88. The van der Waals surface area contributed by atoms with Crippen LogP contribution in [0.15, 0.2) is 47.6 Å². The number of nitrogens with one attached hydrogen (secondary N) is 2. The minimum absolute atomic E-state index is 0.188. The maximum atomic E-state index is 13.4. The van der Waals surface area contributed by atoms with Crippen LogP contribution in [0.25, 0.3) is 0 Å². The van der Waals surface area contributed by atoms with Gasteiger partial charge in [-0.2, -0.15) is 0 Å². The minimum atomic E-state index is -0.891. The third-order valence-corrected chi connectivity index (χ3v) is 7.03. The van der Waals surface area contributed by atoms with E-state index in [0.29, 0.717) is 24.2 Å². The lowest BCUT2D eigenvalue weighted by atomic mass is 9.73. The highest BCUT2D eigenvalue weighted by atomic mass is 35.5. The molecule has 0 saturated heterocycles. The van der Waals surface area contributed by atoms with Gasteiger partial charge in [0.05, 0.1) is 33.3 Å². The molecular formula is C27H31Cl2N3O5. The van der Waals surface area contributed by atoms with Gasteiger partial charge in [0.15, 0.2) is 0 Å². The topological polar surface area (TPSA) is 106 Å². The molecule has 0 radical (unpaired) electrons. The largest absolute Gasteiger partial charge is 0.464 e. The lowest BCUT2D eigenvalue weighted by Gasteiger charge is -2.34. The van der Waals surface area contributed by atoms with Gasteiger partial charge >= 0.3 is 5.97 Å². The van der Waals surface area contributed by atoms with Crippen LogP contribution in [-0.2, 0) is 25.6 Å². The molecule has 1 aliphatic carbocycles. The van der Waals surface area contributed by atoms with E-state index >= 15 is 0 Å². The molecule has 2 amide bonds. The molecule has 2 atom stereocenters. The lowest BCUT2D eigenvalue weighted by molar-refractivity contribution is -0.148. The normalized spacial score (nSPS) is 19.1. The Morgan fingerprint density at radius 2 is 1.76 bits per heavy atom. The summed E-state index contributed by atoms with van der Waals surface area (Å²) in [7, 11) is 1.45. The lowest BCUT2D eigenvalue weighted by Crippen LogP contribution is -2.52. The molecule has 1 saturated carbocycles.